The Morgan fingerprint density at radius 2 is 2.06 bits per heavy atom. The fourth-order valence-electron chi connectivity index (χ4n) is 3.32. The molecule has 2 aromatic heterocycles. The highest BCUT2D eigenvalue weighted by atomic mass is 19.4. The number of pyridine rings is 1. The van der Waals surface area contributed by atoms with Crippen LogP contribution in [-0.2, 0) is 11.0 Å². The molecule has 4 rings (SSSR count). The van der Waals surface area contributed by atoms with Crippen LogP contribution in [0.3, 0.4) is 0 Å². The van der Waals surface area contributed by atoms with E-state index in [0.717, 1.165) is 25.0 Å². The Morgan fingerprint density at radius 3 is 2.70 bits per heavy atom. The number of ether oxygens (including phenoxy) is 1. The molecule has 1 amide bonds. The molecule has 0 aliphatic heterocycles. The van der Waals surface area contributed by atoms with Gasteiger partial charge in [-0.2, -0.15) is 18.3 Å². The third kappa shape index (κ3) is 5.07. The standard InChI is InChI=1S/C22H21F3N4O4/c1-2-17(21(31)32)29-10-13-8-16(18(9-15(13)28-29)33-11-12-6-7-12)27-20(30)14-4-3-5-19(26-14)22(23,24)25/h3-5,8-10,12,17H,2,6-7,11H2,1H3,(H,27,30)(H,31,32). The summed E-state index contributed by atoms with van der Waals surface area (Å²) in [6, 6.07) is 5.36. The molecule has 1 unspecified atom stereocenters. The Bertz CT molecular complexity index is 1200. The molecule has 1 saturated carbocycles. The summed E-state index contributed by atoms with van der Waals surface area (Å²) in [6.07, 6.45) is -0.755. The monoisotopic (exact) mass is 462 g/mol. The first-order valence-electron chi connectivity index (χ1n) is 10.4. The van der Waals surface area contributed by atoms with E-state index in [-0.39, 0.29) is 5.69 Å². The average molecular weight is 462 g/mol. The first kappa shape index (κ1) is 22.6. The lowest BCUT2D eigenvalue weighted by atomic mass is 10.2. The lowest BCUT2D eigenvalue weighted by Gasteiger charge is -2.13. The molecule has 11 heteroatoms. The Labute approximate surface area is 186 Å². The van der Waals surface area contributed by atoms with Crippen LogP contribution in [0.15, 0.2) is 36.5 Å². The van der Waals surface area contributed by atoms with Crippen molar-refractivity contribution >= 4 is 28.5 Å². The minimum absolute atomic E-state index is 0.232. The summed E-state index contributed by atoms with van der Waals surface area (Å²) in [5.74, 6) is -1.16. The van der Waals surface area contributed by atoms with Crippen LogP contribution in [0.4, 0.5) is 18.9 Å². The van der Waals surface area contributed by atoms with Crippen molar-refractivity contribution in [2.75, 3.05) is 11.9 Å². The fraction of sp³-hybridized carbons (Fsp3) is 0.364. The lowest BCUT2D eigenvalue weighted by Crippen LogP contribution is -2.18. The van der Waals surface area contributed by atoms with Crippen LogP contribution in [0.1, 0.15) is 48.4 Å². The minimum atomic E-state index is -4.68. The van der Waals surface area contributed by atoms with E-state index >= 15 is 0 Å². The predicted molar refractivity (Wildman–Crippen MR) is 112 cm³/mol. The molecule has 8 nitrogen and oxygen atoms in total. The van der Waals surface area contributed by atoms with E-state index in [2.05, 4.69) is 15.4 Å². The minimum Gasteiger partial charge on any atom is -0.491 e. The second-order valence-electron chi connectivity index (χ2n) is 7.89. The zero-order chi connectivity index (χ0) is 23.8. The molecule has 3 aromatic rings. The molecule has 1 atom stereocenters. The van der Waals surface area contributed by atoms with Crippen molar-refractivity contribution in [2.45, 2.75) is 38.4 Å². The Balaban J connectivity index is 1.67. The topological polar surface area (TPSA) is 106 Å². The summed E-state index contributed by atoms with van der Waals surface area (Å²) in [7, 11) is 0. The number of anilines is 1. The molecule has 1 aliphatic rings. The van der Waals surface area contributed by atoms with Crippen LogP contribution < -0.4 is 10.1 Å². The number of benzene rings is 1. The van der Waals surface area contributed by atoms with Gasteiger partial charge in [-0.15, -0.1) is 0 Å². The number of halogens is 3. The van der Waals surface area contributed by atoms with E-state index in [1.807, 2.05) is 0 Å². The summed E-state index contributed by atoms with van der Waals surface area (Å²) < 4.78 is 46.1. The van der Waals surface area contributed by atoms with Crippen LogP contribution >= 0.6 is 0 Å². The van der Waals surface area contributed by atoms with Gasteiger partial charge in [0.25, 0.3) is 5.91 Å². The van der Waals surface area contributed by atoms with Gasteiger partial charge in [0.2, 0.25) is 0 Å². The number of nitrogens with one attached hydrogen (secondary N) is 1. The number of carboxylic acids is 1. The van der Waals surface area contributed by atoms with Gasteiger partial charge in [-0.1, -0.05) is 13.0 Å². The number of carbonyl (C=O) groups is 2. The number of alkyl halides is 3. The maximum absolute atomic E-state index is 13.0. The maximum Gasteiger partial charge on any atom is 0.433 e. The van der Waals surface area contributed by atoms with E-state index in [1.54, 1.807) is 25.3 Å². The van der Waals surface area contributed by atoms with Crippen LogP contribution in [-0.4, -0.2) is 38.4 Å². The summed E-state index contributed by atoms with van der Waals surface area (Å²) in [5, 5.41) is 16.9. The normalized spacial score (nSPS) is 14.8. The van der Waals surface area contributed by atoms with Crippen LogP contribution in [0.25, 0.3) is 10.9 Å². The van der Waals surface area contributed by atoms with E-state index in [0.29, 0.717) is 35.6 Å². The zero-order valence-electron chi connectivity index (χ0n) is 17.6. The highest BCUT2D eigenvalue weighted by molar-refractivity contribution is 6.05. The molecule has 174 valence electrons. The van der Waals surface area contributed by atoms with Gasteiger partial charge in [-0.3, -0.25) is 9.48 Å². The van der Waals surface area contributed by atoms with E-state index in [4.69, 9.17) is 4.74 Å². The van der Waals surface area contributed by atoms with Crippen LogP contribution in [0, 0.1) is 5.92 Å². The largest absolute Gasteiger partial charge is 0.491 e. The number of fused-ring (bicyclic) bond motifs is 1. The number of carboxylic acid groups (broad SMARTS) is 1. The number of hydrogen-bond acceptors (Lipinski definition) is 5. The van der Waals surface area contributed by atoms with Gasteiger partial charge in [-0.05, 0) is 43.4 Å². The van der Waals surface area contributed by atoms with Gasteiger partial charge < -0.3 is 15.2 Å². The summed E-state index contributed by atoms with van der Waals surface area (Å²) >= 11 is 0. The molecule has 0 radical (unpaired) electrons. The second kappa shape index (κ2) is 8.72. The van der Waals surface area contributed by atoms with Gasteiger partial charge in [0.1, 0.15) is 23.2 Å². The molecule has 0 spiro atoms. The van der Waals surface area contributed by atoms with Gasteiger partial charge in [0.05, 0.1) is 17.8 Å². The third-order valence-electron chi connectivity index (χ3n) is 5.31. The molecule has 0 saturated heterocycles. The van der Waals surface area contributed by atoms with Crippen molar-refractivity contribution in [1.29, 1.82) is 0 Å². The van der Waals surface area contributed by atoms with Crippen molar-refractivity contribution in [1.82, 2.24) is 14.8 Å². The smallest absolute Gasteiger partial charge is 0.433 e. The van der Waals surface area contributed by atoms with Gasteiger partial charge in [0, 0.05) is 17.6 Å². The quantitative estimate of drug-likeness (QED) is 0.510. The molecule has 33 heavy (non-hydrogen) atoms. The molecular weight excluding hydrogens is 441 g/mol. The zero-order valence-corrected chi connectivity index (χ0v) is 17.6. The number of amides is 1. The number of hydrogen-bond donors (Lipinski definition) is 2. The first-order valence-corrected chi connectivity index (χ1v) is 10.4. The SMILES string of the molecule is CCC(C(=O)O)n1cc2cc(NC(=O)c3cccc(C(F)(F)F)n3)c(OCC3CC3)cc2n1. The van der Waals surface area contributed by atoms with Crippen molar-refractivity contribution in [2.24, 2.45) is 5.92 Å². The Morgan fingerprint density at radius 1 is 1.30 bits per heavy atom. The molecule has 0 bridgehead atoms. The van der Waals surface area contributed by atoms with E-state index < -0.39 is 35.5 Å². The predicted octanol–water partition coefficient (Wildman–Crippen LogP) is 4.53. The van der Waals surface area contributed by atoms with Gasteiger partial charge in [0.15, 0.2) is 0 Å². The number of aliphatic carboxylic acids is 1. The van der Waals surface area contributed by atoms with Crippen molar-refractivity contribution in [3.05, 3.63) is 47.9 Å². The Hall–Kier alpha value is -3.63. The van der Waals surface area contributed by atoms with Crippen molar-refractivity contribution < 1.29 is 32.6 Å². The molecule has 2 N–H and O–H groups in total. The average Bonchev–Trinajstić information content (AvgIpc) is 3.50. The fourth-order valence-corrected chi connectivity index (χ4v) is 3.32. The van der Waals surface area contributed by atoms with E-state index in [1.165, 1.54) is 10.7 Å². The summed E-state index contributed by atoms with van der Waals surface area (Å²) in [4.78, 5) is 27.6. The van der Waals surface area contributed by atoms with Crippen LogP contribution in [0.2, 0.25) is 0 Å². The number of rotatable bonds is 8. The molecule has 1 fully saturated rings. The highest BCUT2D eigenvalue weighted by Crippen LogP contribution is 2.35. The molecule has 2 heterocycles. The third-order valence-corrected chi connectivity index (χ3v) is 5.31. The van der Waals surface area contributed by atoms with Crippen molar-refractivity contribution in [3.63, 3.8) is 0 Å². The number of nitrogens with zero attached hydrogens (tertiary/aromatic N) is 3. The summed E-state index contributed by atoms with van der Waals surface area (Å²) in [5.41, 5.74) is -0.868. The first-order chi connectivity index (χ1) is 15.7. The number of carbonyl (C=O) groups excluding carboxylic acids is 1. The lowest BCUT2D eigenvalue weighted by molar-refractivity contribution is -0.142. The number of aromatic nitrogens is 3. The van der Waals surface area contributed by atoms with Crippen molar-refractivity contribution in [3.8, 4) is 5.75 Å². The van der Waals surface area contributed by atoms with Gasteiger partial charge >= 0.3 is 12.1 Å². The van der Waals surface area contributed by atoms with Crippen LogP contribution in [0.5, 0.6) is 5.75 Å². The molecular formula is C22H21F3N4O4. The van der Waals surface area contributed by atoms with Gasteiger partial charge in [-0.25, -0.2) is 9.78 Å². The molecule has 1 aromatic carbocycles. The molecule has 1 aliphatic carbocycles. The maximum atomic E-state index is 13.0. The second-order valence-corrected chi connectivity index (χ2v) is 7.89. The Kier molecular flexibility index (Phi) is 5.96. The highest BCUT2D eigenvalue weighted by Gasteiger charge is 2.33. The van der Waals surface area contributed by atoms with E-state index in [9.17, 15) is 27.9 Å². The summed E-state index contributed by atoms with van der Waals surface area (Å²) in [6.45, 7) is 2.15.